The van der Waals surface area contributed by atoms with Crippen molar-refractivity contribution in [1.82, 2.24) is 9.80 Å². The van der Waals surface area contributed by atoms with Crippen LogP contribution >= 0.6 is 0 Å². The lowest BCUT2D eigenvalue weighted by molar-refractivity contribution is -0.0301. The van der Waals surface area contributed by atoms with Gasteiger partial charge in [0, 0.05) is 31.7 Å². The molecule has 2 aliphatic rings. The summed E-state index contributed by atoms with van der Waals surface area (Å²) in [6, 6.07) is 29.1. The van der Waals surface area contributed by atoms with Gasteiger partial charge in [-0.3, -0.25) is 14.6 Å². The molecule has 3 aromatic rings. The van der Waals surface area contributed by atoms with Crippen molar-refractivity contribution in [1.29, 1.82) is 0 Å². The third kappa shape index (κ3) is 6.11. The summed E-state index contributed by atoms with van der Waals surface area (Å²) in [6.07, 6.45) is 1.96. The van der Waals surface area contributed by atoms with Gasteiger partial charge >= 0.3 is 0 Å². The third-order valence-corrected chi connectivity index (χ3v) is 7.37. The number of rotatable bonds is 9. The molecule has 3 aromatic carbocycles. The minimum absolute atomic E-state index is 0.0292. The summed E-state index contributed by atoms with van der Waals surface area (Å²) in [4.78, 5) is 19.0. The molecular weight excluding hydrogens is 448 g/mol. The summed E-state index contributed by atoms with van der Waals surface area (Å²) >= 11 is 0. The van der Waals surface area contributed by atoms with Crippen LogP contribution in [0.1, 0.15) is 33.1 Å². The summed E-state index contributed by atoms with van der Waals surface area (Å²) in [5.41, 5.74) is 4.56. The van der Waals surface area contributed by atoms with Crippen molar-refractivity contribution in [2.75, 3.05) is 52.6 Å². The lowest BCUT2D eigenvalue weighted by Gasteiger charge is -2.44. The molecule has 0 spiro atoms. The number of morpholine rings is 2. The highest BCUT2D eigenvalue weighted by Crippen LogP contribution is 2.31. The summed E-state index contributed by atoms with van der Waals surface area (Å²) in [5, 5.41) is 0. The molecule has 0 N–H and O–H groups in total. The highest BCUT2D eigenvalue weighted by Gasteiger charge is 2.39. The van der Waals surface area contributed by atoms with Crippen LogP contribution < -0.4 is 0 Å². The van der Waals surface area contributed by atoms with Crippen molar-refractivity contribution in [3.63, 3.8) is 0 Å². The lowest BCUT2D eigenvalue weighted by Crippen LogP contribution is -2.55. The van der Waals surface area contributed by atoms with Gasteiger partial charge in [-0.1, -0.05) is 84.9 Å². The second kappa shape index (κ2) is 12.4. The molecule has 0 saturated carbocycles. The molecule has 0 aliphatic carbocycles. The predicted molar refractivity (Wildman–Crippen MR) is 142 cm³/mol. The molecule has 0 bridgehead atoms. The van der Waals surface area contributed by atoms with Gasteiger partial charge in [-0.2, -0.15) is 0 Å². The molecule has 2 atom stereocenters. The average Bonchev–Trinajstić information content (AvgIpc) is 2.96. The lowest BCUT2D eigenvalue weighted by atomic mass is 9.89. The Balaban J connectivity index is 1.41. The van der Waals surface area contributed by atoms with Crippen molar-refractivity contribution in [2.45, 2.75) is 24.9 Å². The zero-order valence-electron chi connectivity index (χ0n) is 20.9. The number of carbonyl (C=O) groups excluding carboxylic acids is 1. The molecule has 5 heteroatoms. The average molecular weight is 485 g/mol. The van der Waals surface area contributed by atoms with E-state index in [1.807, 2.05) is 18.2 Å². The molecule has 2 heterocycles. The van der Waals surface area contributed by atoms with Crippen LogP contribution in [0.25, 0.3) is 0 Å². The maximum Gasteiger partial charge on any atom is 0.181 e. The van der Waals surface area contributed by atoms with E-state index in [1.54, 1.807) is 0 Å². The number of ether oxygens (including phenoxy) is 2. The highest BCUT2D eigenvalue weighted by molar-refractivity contribution is 6.00. The fourth-order valence-corrected chi connectivity index (χ4v) is 5.40. The molecule has 0 aromatic heterocycles. The van der Waals surface area contributed by atoms with Crippen LogP contribution in [-0.4, -0.2) is 74.2 Å². The second-order valence-corrected chi connectivity index (χ2v) is 9.64. The Morgan fingerprint density at radius 3 is 1.72 bits per heavy atom. The molecule has 188 valence electrons. The minimum Gasteiger partial charge on any atom is -0.379 e. The molecule has 5 rings (SSSR count). The fourth-order valence-electron chi connectivity index (χ4n) is 5.40. The Labute approximate surface area is 214 Å². The summed E-state index contributed by atoms with van der Waals surface area (Å²) < 4.78 is 11.3. The zero-order valence-corrected chi connectivity index (χ0v) is 20.9. The topological polar surface area (TPSA) is 42.0 Å². The smallest absolute Gasteiger partial charge is 0.181 e. The van der Waals surface area contributed by atoms with E-state index in [9.17, 15) is 4.79 Å². The van der Waals surface area contributed by atoms with Gasteiger partial charge in [-0.15, -0.1) is 0 Å². The summed E-state index contributed by atoms with van der Waals surface area (Å²) in [5.74, 6) is 0.187. The number of carbonyl (C=O) groups is 1. The van der Waals surface area contributed by atoms with Gasteiger partial charge in [0.25, 0.3) is 0 Å². The van der Waals surface area contributed by atoms with Crippen LogP contribution in [-0.2, 0) is 22.3 Å². The molecular formula is C31H36N2O3. The Morgan fingerprint density at radius 1 is 0.639 bits per heavy atom. The molecule has 2 saturated heterocycles. The monoisotopic (exact) mass is 484 g/mol. The first kappa shape index (κ1) is 24.8. The molecule has 0 unspecified atom stereocenters. The quantitative estimate of drug-likeness (QED) is 0.421. The first-order valence-corrected chi connectivity index (χ1v) is 13.2. The van der Waals surface area contributed by atoms with Gasteiger partial charge in [0.2, 0.25) is 0 Å². The highest BCUT2D eigenvalue weighted by atomic mass is 16.5. The van der Waals surface area contributed by atoms with Gasteiger partial charge in [0.15, 0.2) is 5.78 Å². The molecule has 0 amide bonds. The molecule has 0 radical (unpaired) electrons. The number of hydrogen-bond acceptors (Lipinski definition) is 5. The number of hydrogen-bond donors (Lipinski definition) is 0. The van der Waals surface area contributed by atoms with E-state index in [0.717, 1.165) is 44.6 Å². The van der Waals surface area contributed by atoms with E-state index in [-0.39, 0.29) is 17.9 Å². The third-order valence-electron chi connectivity index (χ3n) is 7.37. The van der Waals surface area contributed by atoms with Gasteiger partial charge in [0.1, 0.15) is 0 Å². The zero-order chi connectivity index (χ0) is 24.6. The van der Waals surface area contributed by atoms with E-state index in [4.69, 9.17) is 9.47 Å². The van der Waals surface area contributed by atoms with Crippen LogP contribution in [0.4, 0.5) is 0 Å². The van der Waals surface area contributed by atoms with Crippen LogP contribution in [0.5, 0.6) is 0 Å². The molecule has 2 fully saturated rings. The van der Waals surface area contributed by atoms with Crippen molar-refractivity contribution in [3.8, 4) is 0 Å². The van der Waals surface area contributed by atoms with E-state index < -0.39 is 0 Å². The Kier molecular flexibility index (Phi) is 8.57. The van der Waals surface area contributed by atoms with Gasteiger partial charge < -0.3 is 9.47 Å². The molecule has 36 heavy (non-hydrogen) atoms. The Bertz CT molecular complexity index is 1080. The first-order chi connectivity index (χ1) is 17.8. The first-order valence-electron chi connectivity index (χ1n) is 13.2. The summed E-state index contributed by atoms with van der Waals surface area (Å²) in [6.45, 7) is 5.89. The Hall–Kier alpha value is -2.83. The van der Waals surface area contributed by atoms with Crippen LogP contribution in [0.15, 0.2) is 84.9 Å². The number of aryl methyl sites for hydroxylation is 2. The van der Waals surface area contributed by atoms with E-state index in [2.05, 4.69) is 76.5 Å². The number of ketones is 1. The van der Waals surface area contributed by atoms with Gasteiger partial charge in [-0.25, -0.2) is 0 Å². The van der Waals surface area contributed by atoms with E-state index in [1.165, 1.54) is 16.7 Å². The maximum atomic E-state index is 14.3. The van der Waals surface area contributed by atoms with E-state index in [0.29, 0.717) is 26.4 Å². The van der Waals surface area contributed by atoms with Crippen molar-refractivity contribution in [2.24, 2.45) is 0 Å². The predicted octanol–water partition coefficient (Wildman–Crippen LogP) is 4.43. The van der Waals surface area contributed by atoms with Crippen LogP contribution in [0.3, 0.4) is 0 Å². The number of nitrogens with zero attached hydrogens (tertiary/aromatic N) is 2. The standard InChI is InChI=1S/C31H36N2O3/c34-31(28-15-13-26(14-16-28)12-11-25-7-3-1-4-8-25)30(33-19-23-36-24-20-33)29(27-9-5-2-6-10-27)32-17-21-35-22-18-32/h1-10,13-16,29-30H,11-12,17-24H2/t29-,30-/m1/s1. The maximum absolute atomic E-state index is 14.3. The summed E-state index contributed by atoms with van der Waals surface area (Å²) in [7, 11) is 0. The normalized spacial score (nSPS) is 19.0. The van der Waals surface area contributed by atoms with Crippen LogP contribution in [0.2, 0.25) is 0 Å². The Morgan fingerprint density at radius 2 is 1.14 bits per heavy atom. The number of benzene rings is 3. The fraction of sp³-hybridized carbons (Fsp3) is 0.387. The van der Waals surface area contributed by atoms with Gasteiger partial charge in [-0.05, 0) is 29.5 Å². The minimum atomic E-state index is -0.274. The van der Waals surface area contributed by atoms with Crippen LogP contribution in [0, 0.1) is 0 Å². The van der Waals surface area contributed by atoms with Gasteiger partial charge in [0.05, 0.1) is 38.5 Å². The van der Waals surface area contributed by atoms with E-state index >= 15 is 0 Å². The SMILES string of the molecule is O=C(c1ccc(CCc2ccccc2)cc1)[C@@H]([C@@H](c1ccccc1)N1CCOCC1)N1CCOCC1. The molecule has 5 nitrogen and oxygen atoms in total. The molecule has 2 aliphatic heterocycles. The van der Waals surface area contributed by atoms with Crippen molar-refractivity contribution in [3.05, 3.63) is 107 Å². The van der Waals surface area contributed by atoms with Crippen molar-refractivity contribution >= 4 is 5.78 Å². The van der Waals surface area contributed by atoms with Crippen molar-refractivity contribution < 1.29 is 14.3 Å². The number of Topliss-reactive ketones (excluding diaryl/α,β-unsaturated/α-hetero) is 1. The largest absolute Gasteiger partial charge is 0.379 e. The second-order valence-electron chi connectivity index (χ2n) is 9.64.